The molecular formula is C20H17ClN4OS. The fourth-order valence-corrected chi connectivity index (χ4v) is 3.64. The molecule has 2 heterocycles. The number of para-hydroxylation sites is 1. The van der Waals surface area contributed by atoms with Gasteiger partial charge in [0.25, 0.3) is 0 Å². The van der Waals surface area contributed by atoms with E-state index >= 15 is 0 Å². The van der Waals surface area contributed by atoms with Crippen LogP contribution < -0.4 is 10.6 Å². The van der Waals surface area contributed by atoms with E-state index in [-0.39, 0.29) is 5.75 Å². The molecule has 3 N–H and O–H groups in total. The van der Waals surface area contributed by atoms with E-state index in [1.165, 1.54) is 10.9 Å². The van der Waals surface area contributed by atoms with Crippen molar-refractivity contribution in [3.8, 4) is 5.75 Å². The summed E-state index contributed by atoms with van der Waals surface area (Å²) >= 11 is 7.77. The first-order valence-electron chi connectivity index (χ1n) is 8.47. The number of nitrogens with zero attached hydrogens (tertiary/aromatic N) is 2. The normalized spacial score (nSPS) is 10.9. The van der Waals surface area contributed by atoms with Gasteiger partial charge in [0.2, 0.25) is 5.95 Å². The number of aromatic nitrogens is 2. The minimum Gasteiger partial charge on any atom is -0.506 e. The third kappa shape index (κ3) is 4.13. The average Bonchev–Trinajstić information content (AvgIpc) is 3.18. The van der Waals surface area contributed by atoms with Crippen LogP contribution >= 0.6 is 22.9 Å². The number of aromatic hydroxyl groups is 1. The summed E-state index contributed by atoms with van der Waals surface area (Å²) in [7, 11) is 0. The minimum atomic E-state index is 0.0864. The molecule has 4 aromatic rings. The first-order valence-corrected chi connectivity index (χ1v) is 9.73. The fourth-order valence-electron chi connectivity index (χ4n) is 2.76. The van der Waals surface area contributed by atoms with E-state index < -0.39 is 0 Å². The Balaban J connectivity index is 1.62. The molecule has 2 aromatic carbocycles. The number of hydrogen-bond acceptors (Lipinski definition) is 6. The van der Waals surface area contributed by atoms with Crippen LogP contribution in [0.2, 0.25) is 5.02 Å². The molecule has 0 aliphatic carbocycles. The molecule has 27 heavy (non-hydrogen) atoms. The van der Waals surface area contributed by atoms with Crippen molar-refractivity contribution >= 4 is 51.3 Å². The molecule has 0 fully saturated rings. The van der Waals surface area contributed by atoms with Crippen LogP contribution in [0.3, 0.4) is 0 Å². The fraction of sp³-hybridized carbons (Fsp3) is 0.100. The summed E-state index contributed by atoms with van der Waals surface area (Å²) in [5, 5.41) is 20.0. The first kappa shape index (κ1) is 17.6. The molecule has 136 valence electrons. The second-order valence-corrected chi connectivity index (χ2v) is 7.42. The van der Waals surface area contributed by atoms with Gasteiger partial charge in [-0.1, -0.05) is 29.8 Å². The number of fused-ring (bicyclic) bond motifs is 1. The number of hydrogen-bond donors (Lipinski definition) is 3. The minimum absolute atomic E-state index is 0.0864. The lowest BCUT2D eigenvalue weighted by Gasteiger charge is -2.12. The zero-order valence-electron chi connectivity index (χ0n) is 14.3. The Morgan fingerprint density at radius 1 is 1.04 bits per heavy atom. The zero-order valence-corrected chi connectivity index (χ0v) is 15.9. The summed E-state index contributed by atoms with van der Waals surface area (Å²) in [6, 6.07) is 16.8. The maximum absolute atomic E-state index is 10.0. The lowest BCUT2D eigenvalue weighted by molar-refractivity contribution is 0.477. The molecule has 0 saturated heterocycles. The standard InChI is InChI=1S/C20H17ClN4OS/c21-13-7-8-18(26)17(12-13)24-20-23-16-6-2-1-5-15(16)19(25-20)22-10-9-14-4-3-11-27-14/h1-8,11-12,26H,9-10H2,(H2,22,23,24,25). The second kappa shape index (κ2) is 7.82. The predicted octanol–water partition coefficient (Wildman–Crippen LogP) is 5.45. The number of benzene rings is 2. The molecule has 0 radical (unpaired) electrons. The first-order chi connectivity index (χ1) is 13.2. The molecular weight excluding hydrogens is 380 g/mol. The lowest BCUT2D eigenvalue weighted by atomic mass is 10.2. The Labute approximate surface area is 165 Å². The van der Waals surface area contributed by atoms with E-state index in [0.29, 0.717) is 16.7 Å². The molecule has 0 aliphatic heterocycles. The molecule has 0 bridgehead atoms. The Morgan fingerprint density at radius 2 is 1.93 bits per heavy atom. The highest BCUT2D eigenvalue weighted by molar-refractivity contribution is 7.09. The van der Waals surface area contributed by atoms with E-state index in [1.807, 2.05) is 24.3 Å². The van der Waals surface area contributed by atoms with Gasteiger partial charge in [0, 0.05) is 21.8 Å². The van der Waals surface area contributed by atoms with Crippen LogP contribution in [0.15, 0.2) is 60.0 Å². The second-order valence-electron chi connectivity index (χ2n) is 5.96. The molecule has 0 spiro atoms. The number of phenolic OH excluding ortho intramolecular Hbond substituents is 1. The molecule has 0 amide bonds. The van der Waals surface area contributed by atoms with Crippen molar-refractivity contribution in [1.82, 2.24) is 9.97 Å². The van der Waals surface area contributed by atoms with Gasteiger partial charge in [-0.3, -0.25) is 0 Å². The maximum Gasteiger partial charge on any atom is 0.229 e. The number of nitrogens with one attached hydrogen (secondary N) is 2. The third-order valence-corrected chi connectivity index (χ3v) is 5.22. The Hall–Kier alpha value is -2.83. The summed E-state index contributed by atoms with van der Waals surface area (Å²) in [4.78, 5) is 10.5. The van der Waals surface area contributed by atoms with Crippen molar-refractivity contribution in [3.63, 3.8) is 0 Å². The topological polar surface area (TPSA) is 70.1 Å². The quantitative estimate of drug-likeness (QED) is 0.378. The number of thiophene rings is 1. The van der Waals surface area contributed by atoms with E-state index in [9.17, 15) is 5.11 Å². The maximum atomic E-state index is 10.0. The van der Waals surface area contributed by atoms with Crippen LogP contribution in [0.25, 0.3) is 10.9 Å². The van der Waals surface area contributed by atoms with Crippen LogP contribution in [-0.4, -0.2) is 21.6 Å². The van der Waals surface area contributed by atoms with Crippen molar-refractivity contribution in [2.45, 2.75) is 6.42 Å². The van der Waals surface area contributed by atoms with Gasteiger partial charge in [0.05, 0.1) is 11.2 Å². The third-order valence-electron chi connectivity index (χ3n) is 4.05. The number of halogens is 1. The molecule has 0 unspecified atom stereocenters. The largest absolute Gasteiger partial charge is 0.506 e. The number of phenols is 1. The molecule has 7 heteroatoms. The summed E-state index contributed by atoms with van der Waals surface area (Å²) in [5.41, 5.74) is 1.28. The smallest absolute Gasteiger partial charge is 0.229 e. The van der Waals surface area contributed by atoms with Crippen molar-refractivity contribution < 1.29 is 5.11 Å². The summed E-state index contributed by atoms with van der Waals surface area (Å²) < 4.78 is 0. The van der Waals surface area contributed by atoms with Gasteiger partial charge in [0.1, 0.15) is 11.6 Å². The highest BCUT2D eigenvalue weighted by Gasteiger charge is 2.10. The Morgan fingerprint density at radius 3 is 2.78 bits per heavy atom. The van der Waals surface area contributed by atoms with E-state index in [0.717, 1.165) is 29.7 Å². The van der Waals surface area contributed by atoms with Gasteiger partial charge in [-0.05, 0) is 48.2 Å². The van der Waals surface area contributed by atoms with Crippen molar-refractivity contribution in [3.05, 3.63) is 69.9 Å². The Bertz CT molecular complexity index is 1070. The van der Waals surface area contributed by atoms with Gasteiger partial charge in [-0.15, -0.1) is 11.3 Å². The monoisotopic (exact) mass is 396 g/mol. The van der Waals surface area contributed by atoms with Gasteiger partial charge in [-0.2, -0.15) is 4.98 Å². The highest BCUT2D eigenvalue weighted by atomic mass is 35.5. The molecule has 0 saturated carbocycles. The van der Waals surface area contributed by atoms with Crippen molar-refractivity contribution in [2.24, 2.45) is 0 Å². The highest BCUT2D eigenvalue weighted by Crippen LogP contribution is 2.30. The van der Waals surface area contributed by atoms with Crippen molar-refractivity contribution in [1.29, 1.82) is 0 Å². The van der Waals surface area contributed by atoms with Crippen LogP contribution in [0.4, 0.5) is 17.5 Å². The number of anilines is 3. The van der Waals surface area contributed by atoms with Gasteiger partial charge in [-0.25, -0.2) is 4.98 Å². The van der Waals surface area contributed by atoms with Crippen LogP contribution in [0.1, 0.15) is 4.88 Å². The zero-order chi connectivity index (χ0) is 18.6. The van der Waals surface area contributed by atoms with E-state index in [2.05, 4.69) is 38.1 Å². The number of rotatable bonds is 6. The summed E-state index contributed by atoms with van der Waals surface area (Å²) in [6.45, 7) is 0.767. The Kier molecular flexibility index (Phi) is 5.09. The van der Waals surface area contributed by atoms with Crippen LogP contribution in [0.5, 0.6) is 5.75 Å². The summed E-state index contributed by atoms with van der Waals surface area (Å²) in [5.74, 6) is 1.23. The molecule has 4 rings (SSSR count). The van der Waals surface area contributed by atoms with Gasteiger partial charge < -0.3 is 15.7 Å². The molecule has 2 aromatic heterocycles. The SMILES string of the molecule is Oc1ccc(Cl)cc1Nc1nc(NCCc2cccs2)c2ccccc2n1. The average molecular weight is 397 g/mol. The summed E-state index contributed by atoms with van der Waals surface area (Å²) in [6.07, 6.45) is 0.924. The van der Waals surface area contributed by atoms with Crippen LogP contribution in [0, 0.1) is 0 Å². The molecule has 0 atom stereocenters. The molecule has 0 aliphatic rings. The van der Waals surface area contributed by atoms with Gasteiger partial charge in [0.15, 0.2) is 0 Å². The van der Waals surface area contributed by atoms with Crippen LogP contribution in [-0.2, 0) is 6.42 Å². The van der Waals surface area contributed by atoms with E-state index in [4.69, 9.17) is 11.6 Å². The predicted molar refractivity (Wildman–Crippen MR) is 112 cm³/mol. The van der Waals surface area contributed by atoms with Gasteiger partial charge >= 0.3 is 0 Å². The lowest BCUT2D eigenvalue weighted by Crippen LogP contribution is -2.08. The molecule has 5 nitrogen and oxygen atoms in total. The van der Waals surface area contributed by atoms with Crippen molar-refractivity contribution in [2.75, 3.05) is 17.2 Å². The van der Waals surface area contributed by atoms with E-state index in [1.54, 1.807) is 23.5 Å².